The number of aliphatic hydroxyl groups is 1. The van der Waals surface area contributed by atoms with Crippen molar-refractivity contribution in [3.63, 3.8) is 0 Å². The van der Waals surface area contributed by atoms with Gasteiger partial charge in [0.05, 0.1) is 7.11 Å². The number of nitrogens with zero attached hydrogens (tertiary/aromatic N) is 2. The Hall–Kier alpha value is -2.08. The van der Waals surface area contributed by atoms with Crippen molar-refractivity contribution >= 4 is 11.8 Å². The topological polar surface area (TPSA) is 70.1 Å². The number of piperidine rings is 2. The predicted octanol–water partition coefficient (Wildman–Crippen LogP) is 1.92. The van der Waals surface area contributed by atoms with Gasteiger partial charge in [-0.3, -0.25) is 9.59 Å². The van der Waals surface area contributed by atoms with Crippen molar-refractivity contribution in [2.75, 3.05) is 39.9 Å². The second kappa shape index (κ2) is 8.08. The van der Waals surface area contributed by atoms with Crippen molar-refractivity contribution in [2.45, 2.75) is 32.1 Å². The van der Waals surface area contributed by atoms with Crippen LogP contribution in [0.5, 0.6) is 5.75 Å². The van der Waals surface area contributed by atoms with Gasteiger partial charge in [-0.15, -0.1) is 0 Å². The van der Waals surface area contributed by atoms with Gasteiger partial charge in [-0.1, -0.05) is 0 Å². The summed E-state index contributed by atoms with van der Waals surface area (Å²) in [5.74, 6) is 0.954. The van der Waals surface area contributed by atoms with E-state index in [0.29, 0.717) is 38.0 Å². The van der Waals surface area contributed by atoms with Crippen LogP contribution in [0, 0.1) is 5.41 Å². The quantitative estimate of drug-likeness (QED) is 0.871. The highest BCUT2D eigenvalue weighted by molar-refractivity contribution is 5.94. The highest BCUT2D eigenvalue weighted by Gasteiger charge is 2.42. The van der Waals surface area contributed by atoms with Crippen molar-refractivity contribution in [2.24, 2.45) is 5.41 Å². The summed E-state index contributed by atoms with van der Waals surface area (Å²) in [5.41, 5.74) is 0.663. The third-order valence-electron chi connectivity index (χ3n) is 5.62. The van der Waals surface area contributed by atoms with E-state index in [1.54, 1.807) is 19.2 Å². The number of aliphatic hydroxyl groups excluding tert-OH is 1. The fourth-order valence-electron chi connectivity index (χ4n) is 4.20. The SMILES string of the molecule is COc1ccc(C(=O)N2CCCC3(CCC(=O)N(CCCO)C3)C2)cc1. The lowest BCUT2D eigenvalue weighted by molar-refractivity contribution is -0.139. The molecule has 1 atom stereocenters. The Morgan fingerprint density at radius 2 is 2.00 bits per heavy atom. The zero-order chi connectivity index (χ0) is 18.6. The molecule has 6 heteroatoms. The Morgan fingerprint density at radius 3 is 2.69 bits per heavy atom. The number of rotatable bonds is 5. The van der Waals surface area contributed by atoms with E-state index >= 15 is 0 Å². The lowest BCUT2D eigenvalue weighted by Crippen LogP contribution is -2.55. The van der Waals surface area contributed by atoms with Crippen molar-refractivity contribution < 1.29 is 19.4 Å². The maximum atomic E-state index is 12.9. The molecule has 1 unspecified atom stereocenters. The summed E-state index contributed by atoms with van der Waals surface area (Å²) in [6, 6.07) is 7.23. The minimum Gasteiger partial charge on any atom is -0.497 e. The van der Waals surface area contributed by atoms with E-state index in [0.717, 1.165) is 31.6 Å². The third-order valence-corrected chi connectivity index (χ3v) is 5.62. The van der Waals surface area contributed by atoms with Crippen molar-refractivity contribution in [3.05, 3.63) is 29.8 Å². The zero-order valence-corrected chi connectivity index (χ0v) is 15.4. The molecule has 2 heterocycles. The van der Waals surface area contributed by atoms with E-state index in [1.807, 2.05) is 21.9 Å². The van der Waals surface area contributed by atoms with Crippen LogP contribution in [-0.2, 0) is 4.79 Å². The number of hydrogen-bond donors (Lipinski definition) is 1. The van der Waals surface area contributed by atoms with Crippen LogP contribution in [0.25, 0.3) is 0 Å². The van der Waals surface area contributed by atoms with E-state index in [4.69, 9.17) is 9.84 Å². The van der Waals surface area contributed by atoms with Gasteiger partial charge in [0.25, 0.3) is 5.91 Å². The molecule has 3 rings (SSSR count). The summed E-state index contributed by atoms with van der Waals surface area (Å²) < 4.78 is 5.16. The van der Waals surface area contributed by atoms with E-state index < -0.39 is 0 Å². The number of benzene rings is 1. The van der Waals surface area contributed by atoms with Gasteiger partial charge in [0.15, 0.2) is 0 Å². The van der Waals surface area contributed by atoms with Gasteiger partial charge in [-0.2, -0.15) is 0 Å². The van der Waals surface area contributed by atoms with Gasteiger partial charge < -0.3 is 19.6 Å². The number of likely N-dealkylation sites (tertiary alicyclic amines) is 2. The smallest absolute Gasteiger partial charge is 0.253 e. The Bertz CT molecular complexity index is 646. The Morgan fingerprint density at radius 1 is 1.23 bits per heavy atom. The molecule has 0 aromatic heterocycles. The molecule has 2 fully saturated rings. The molecule has 2 saturated heterocycles. The zero-order valence-electron chi connectivity index (χ0n) is 15.4. The first kappa shape index (κ1) is 18.7. The largest absolute Gasteiger partial charge is 0.497 e. The average molecular weight is 360 g/mol. The number of ether oxygens (including phenoxy) is 1. The third kappa shape index (κ3) is 4.01. The summed E-state index contributed by atoms with van der Waals surface area (Å²) in [5, 5.41) is 9.06. The minimum absolute atomic E-state index is 0.0102. The molecule has 1 spiro atoms. The molecule has 2 aliphatic heterocycles. The van der Waals surface area contributed by atoms with Gasteiger partial charge in [-0.05, 0) is 49.9 Å². The summed E-state index contributed by atoms with van der Waals surface area (Å²) in [6.45, 7) is 2.85. The fraction of sp³-hybridized carbons (Fsp3) is 0.600. The standard InChI is InChI=1S/C20H28N2O4/c1-26-17-6-4-16(5-7-17)19(25)22-11-2-9-20(15-22)10-8-18(24)21(14-20)12-3-13-23/h4-7,23H,2-3,8-15H2,1H3. The highest BCUT2D eigenvalue weighted by Crippen LogP contribution is 2.39. The average Bonchev–Trinajstić information content (AvgIpc) is 2.68. The van der Waals surface area contributed by atoms with Crippen LogP contribution in [0.15, 0.2) is 24.3 Å². The van der Waals surface area contributed by atoms with Gasteiger partial charge in [-0.25, -0.2) is 0 Å². The van der Waals surface area contributed by atoms with Crippen molar-refractivity contribution in [1.82, 2.24) is 9.80 Å². The molecule has 0 aliphatic carbocycles. The fourth-order valence-corrected chi connectivity index (χ4v) is 4.20. The van der Waals surface area contributed by atoms with Crippen molar-refractivity contribution in [3.8, 4) is 5.75 Å². The highest BCUT2D eigenvalue weighted by atomic mass is 16.5. The summed E-state index contributed by atoms with van der Waals surface area (Å²) in [6.07, 6.45) is 3.99. The van der Waals surface area contributed by atoms with Crippen LogP contribution >= 0.6 is 0 Å². The first-order valence-electron chi connectivity index (χ1n) is 9.39. The van der Waals surface area contributed by atoms with Crippen LogP contribution in [0.3, 0.4) is 0 Å². The van der Waals surface area contributed by atoms with E-state index in [9.17, 15) is 9.59 Å². The molecular weight excluding hydrogens is 332 g/mol. The molecule has 0 saturated carbocycles. The Kier molecular flexibility index (Phi) is 5.81. The molecular formula is C20H28N2O4. The lowest BCUT2D eigenvalue weighted by atomic mass is 9.73. The van der Waals surface area contributed by atoms with E-state index in [-0.39, 0.29) is 23.8 Å². The Balaban J connectivity index is 1.69. The monoisotopic (exact) mass is 360 g/mol. The number of hydrogen-bond acceptors (Lipinski definition) is 4. The lowest BCUT2D eigenvalue weighted by Gasteiger charge is -2.48. The molecule has 6 nitrogen and oxygen atoms in total. The number of carbonyl (C=O) groups excluding carboxylic acids is 2. The second-order valence-electron chi connectivity index (χ2n) is 7.45. The predicted molar refractivity (Wildman–Crippen MR) is 98.1 cm³/mol. The molecule has 0 bridgehead atoms. The van der Waals surface area contributed by atoms with Crippen LogP contribution in [0.4, 0.5) is 0 Å². The maximum absolute atomic E-state index is 12.9. The van der Waals surface area contributed by atoms with Crippen LogP contribution in [0.2, 0.25) is 0 Å². The Labute approximate surface area is 154 Å². The van der Waals surface area contributed by atoms with E-state index in [1.165, 1.54) is 0 Å². The molecule has 0 radical (unpaired) electrons. The minimum atomic E-state index is -0.0102. The molecule has 1 aromatic rings. The summed E-state index contributed by atoms with van der Waals surface area (Å²) in [4.78, 5) is 28.9. The first-order valence-corrected chi connectivity index (χ1v) is 9.39. The van der Waals surface area contributed by atoms with Gasteiger partial charge in [0, 0.05) is 50.2 Å². The van der Waals surface area contributed by atoms with Crippen LogP contribution in [0.1, 0.15) is 42.5 Å². The van der Waals surface area contributed by atoms with Crippen LogP contribution in [-0.4, -0.2) is 66.6 Å². The number of methoxy groups -OCH3 is 1. The number of carbonyl (C=O) groups is 2. The number of amides is 2. The van der Waals surface area contributed by atoms with Gasteiger partial charge in [0.1, 0.15) is 5.75 Å². The van der Waals surface area contributed by atoms with Gasteiger partial charge in [0.2, 0.25) is 5.91 Å². The van der Waals surface area contributed by atoms with Gasteiger partial charge >= 0.3 is 0 Å². The molecule has 2 amide bonds. The first-order chi connectivity index (χ1) is 12.6. The van der Waals surface area contributed by atoms with E-state index in [2.05, 4.69) is 0 Å². The molecule has 2 aliphatic rings. The molecule has 1 aromatic carbocycles. The normalized spacial score (nSPS) is 23.4. The summed E-state index contributed by atoms with van der Waals surface area (Å²) in [7, 11) is 1.61. The second-order valence-corrected chi connectivity index (χ2v) is 7.45. The summed E-state index contributed by atoms with van der Waals surface area (Å²) >= 11 is 0. The molecule has 142 valence electrons. The maximum Gasteiger partial charge on any atom is 0.253 e. The molecule has 1 N–H and O–H groups in total. The van der Waals surface area contributed by atoms with Crippen molar-refractivity contribution in [1.29, 1.82) is 0 Å². The molecule has 26 heavy (non-hydrogen) atoms. The van der Waals surface area contributed by atoms with Crippen LogP contribution < -0.4 is 4.74 Å².